The van der Waals surface area contributed by atoms with Crippen LogP contribution in [0.5, 0.6) is 0 Å². The van der Waals surface area contributed by atoms with Gasteiger partial charge in [-0.05, 0) is 84.7 Å². The molecule has 14 heteroatoms. The zero-order valence-electron chi connectivity index (χ0n) is 32.1. The van der Waals surface area contributed by atoms with E-state index in [0.29, 0.717) is 24.8 Å². The third-order valence-electron chi connectivity index (χ3n) is 10.2. The predicted molar refractivity (Wildman–Crippen MR) is 217 cm³/mol. The van der Waals surface area contributed by atoms with Crippen molar-refractivity contribution >= 4 is 68.4 Å². The molecule has 0 radical (unpaired) electrons. The van der Waals surface area contributed by atoms with Gasteiger partial charge in [-0.15, -0.1) is 22.9 Å². The first-order valence-electron chi connectivity index (χ1n) is 19.0. The molecular formula is C43H48ClFN4O7S. The number of halogens is 2. The number of fused-ring (bicyclic) bond motifs is 1. The summed E-state index contributed by atoms with van der Waals surface area (Å²) in [7, 11) is 1.22. The molecule has 0 aliphatic carbocycles. The molecule has 0 spiro atoms. The number of hydrogen-bond donors (Lipinski definition) is 3. The maximum absolute atomic E-state index is 14.5. The summed E-state index contributed by atoms with van der Waals surface area (Å²) in [5.74, 6) is -4.68. The van der Waals surface area contributed by atoms with Gasteiger partial charge in [0.05, 0.1) is 13.2 Å². The zero-order chi connectivity index (χ0) is 40.9. The van der Waals surface area contributed by atoms with E-state index in [9.17, 15) is 33.2 Å². The number of carbonyl (C=O) groups is 6. The van der Waals surface area contributed by atoms with Crippen LogP contribution in [0.3, 0.4) is 0 Å². The number of rotatable bonds is 18. The van der Waals surface area contributed by atoms with Crippen molar-refractivity contribution in [1.29, 1.82) is 0 Å². The van der Waals surface area contributed by atoms with Crippen molar-refractivity contribution in [2.45, 2.75) is 83.0 Å². The van der Waals surface area contributed by atoms with Crippen LogP contribution in [0.15, 0.2) is 78.2 Å². The third kappa shape index (κ3) is 12.2. The van der Waals surface area contributed by atoms with E-state index < -0.39 is 59.4 Å². The summed E-state index contributed by atoms with van der Waals surface area (Å²) in [6.45, 7) is 2.43. The highest BCUT2D eigenvalue weighted by molar-refractivity contribution is 7.17. The molecule has 57 heavy (non-hydrogen) atoms. The fourth-order valence-corrected chi connectivity index (χ4v) is 8.09. The van der Waals surface area contributed by atoms with Gasteiger partial charge in [0.1, 0.15) is 23.8 Å². The van der Waals surface area contributed by atoms with Crippen LogP contribution < -0.4 is 16.0 Å². The first-order valence-corrected chi connectivity index (χ1v) is 20.5. The Hall–Kier alpha value is -5.14. The number of carbonyl (C=O) groups excluding carboxylic acids is 6. The number of methoxy groups -OCH3 is 1. The van der Waals surface area contributed by atoms with Crippen LogP contribution in [-0.2, 0) is 52.9 Å². The lowest BCUT2D eigenvalue weighted by Crippen LogP contribution is -2.59. The molecule has 3 N–H and O–H groups in total. The number of esters is 1. The number of amides is 4. The first kappa shape index (κ1) is 43.0. The fourth-order valence-electron chi connectivity index (χ4n) is 7.03. The molecule has 1 fully saturated rings. The minimum Gasteiger partial charge on any atom is -0.469 e. The van der Waals surface area contributed by atoms with E-state index in [1.165, 1.54) is 35.5 Å². The second kappa shape index (κ2) is 20.9. The molecule has 4 amide bonds. The van der Waals surface area contributed by atoms with Gasteiger partial charge < -0.3 is 25.6 Å². The normalized spacial score (nSPS) is 15.6. The molecule has 4 atom stereocenters. The summed E-state index contributed by atoms with van der Waals surface area (Å²) in [5, 5.41) is 11.4. The molecule has 5 rings (SSSR count). The molecule has 302 valence electrons. The maximum atomic E-state index is 14.5. The van der Waals surface area contributed by atoms with Gasteiger partial charge in [-0.1, -0.05) is 60.2 Å². The molecule has 3 aromatic carbocycles. The van der Waals surface area contributed by atoms with Crippen molar-refractivity contribution in [2.24, 2.45) is 5.92 Å². The molecule has 0 bridgehead atoms. The standard InChI is InChI=1S/C43H48ClFN4O7S/c1-27-10-12-29(13-11-27)25-46-41(53)30(21-28-14-16-32(45)17-15-28)23-37(50)35(22-31-26-57-38-9-4-3-7-33(31)38)48-42(54)36-8-5-6-20-49(36)43(55)34(47-39(51)24-44)18-19-40(52)56-2/h3-4,7,9-17,26,30,34-36H,5-6,8,18-25H2,1-2H3,(H,46,53)(H,47,51)(H,48,54)/t30-,34+,35+,36+/m1/s1. The Labute approximate surface area is 340 Å². The minimum atomic E-state index is -1.14. The molecule has 0 unspecified atom stereocenters. The Bertz CT molecular complexity index is 2040. The SMILES string of the molecule is COC(=O)CC[C@H](NC(=O)CCl)C(=O)N1CCCC[C@H]1C(=O)N[C@@H](Cc1csc2ccccc12)C(=O)C[C@@H](Cc1ccc(F)cc1)C(=O)NCc1ccc(C)cc1. The van der Waals surface area contributed by atoms with Crippen LogP contribution in [0.25, 0.3) is 10.1 Å². The molecule has 11 nitrogen and oxygen atoms in total. The lowest BCUT2D eigenvalue weighted by Gasteiger charge is -2.37. The summed E-state index contributed by atoms with van der Waals surface area (Å²) < 4.78 is 19.6. The number of likely N-dealkylation sites (tertiary alicyclic amines) is 1. The number of ether oxygens (including phenoxy) is 1. The second-order valence-corrected chi connectivity index (χ2v) is 15.5. The quantitative estimate of drug-likeness (QED) is 0.0878. The van der Waals surface area contributed by atoms with E-state index in [-0.39, 0.29) is 56.9 Å². The Morgan fingerprint density at radius 1 is 0.912 bits per heavy atom. The van der Waals surface area contributed by atoms with Crippen LogP contribution in [0.1, 0.15) is 60.8 Å². The summed E-state index contributed by atoms with van der Waals surface area (Å²) in [5.41, 5.74) is 3.48. The Morgan fingerprint density at radius 3 is 2.35 bits per heavy atom. The highest BCUT2D eigenvalue weighted by Crippen LogP contribution is 2.28. The summed E-state index contributed by atoms with van der Waals surface area (Å²) in [6, 6.07) is 18.1. The maximum Gasteiger partial charge on any atom is 0.305 e. The van der Waals surface area contributed by atoms with Crippen molar-refractivity contribution < 1.29 is 37.9 Å². The first-order chi connectivity index (χ1) is 27.4. The number of nitrogens with zero attached hydrogens (tertiary/aromatic N) is 1. The van der Waals surface area contributed by atoms with Crippen molar-refractivity contribution in [1.82, 2.24) is 20.9 Å². The number of benzene rings is 3. The number of thiophene rings is 1. The van der Waals surface area contributed by atoms with Crippen LogP contribution in [0.2, 0.25) is 0 Å². The highest BCUT2D eigenvalue weighted by atomic mass is 35.5. The number of nitrogens with one attached hydrogen (secondary N) is 3. The second-order valence-electron chi connectivity index (χ2n) is 14.3. The predicted octanol–water partition coefficient (Wildman–Crippen LogP) is 5.57. The number of alkyl halides is 1. The average Bonchev–Trinajstić information content (AvgIpc) is 3.64. The van der Waals surface area contributed by atoms with Crippen LogP contribution in [0, 0.1) is 18.7 Å². The van der Waals surface area contributed by atoms with E-state index in [2.05, 4.69) is 16.0 Å². The van der Waals surface area contributed by atoms with Gasteiger partial charge in [-0.25, -0.2) is 4.39 Å². The summed E-state index contributed by atoms with van der Waals surface area (Å²) in [4.78, 5) is 82.3. The van der Waals surface area contributed by atoms with Gasteiger partial charge in [0, 0.05) is 43.0 Å². The average molecular weight is 819 g/mol. The third-order valence-corrected chi connectivity index (χ3v) is 11.5. The monoisotopic (exact) mass is 818 g/mol. The van der Waals surface area contributed by atoms with Gasteiger partial charge in [0.15, 0.2) is 5.78 Å². The van der Waals surface area contributed by atoms with E-state index in [4.69, 9.17) is 16.3 Å². The Kier molecular flexibility index (Phi) is 15.7. The molecule has 2 heterocycles. The van der Waals surface area contributed by atoms with Gasteiger partial charge in [-0.2, -0.15) is 0 Å². The lowest BCUT2D eigenvalue weighted by molar-refractivity contribution is -0.146. The van der Waals surface area contributed by atoms with E-state index >= 15 is 0 Å². The lowest BCUT2D eigenvalue weighted by atomic mass is 9.89. The fraction of sp³-hybridized carbons (Fsp3) is 0.395. The van der Waals surface area contributed by atoms with E-state index in [1.807, 2.05) is 60.8 Å². The zero-order valence-corrected chi connectivity index (χ0v) is 33.6. The van der Waals surface area contributed by atoms with Gasteiger partial charge in [0.25, 0.3) is 0 Å². The molecule has 1 aliphatic rings. The van der Waals surface area contributed by atoms with E-state index in [0.717, 1.165) is 26.8 Å². The van der Waals surface area contributed by atoms with Gasteiger partial charge in [-0.3, -0.25) is 28.8 Å². The topological polar surface area (TPSA) is 151 Å². The molecule has 1 saturated heterocycles. The Balaban J connectivity index is 1.40. The van der Waals surface area contributed by atoms with Crippen LogP contribution in [0.4, 0.5) is 4.39 Å². The molecular weight excluding hydrogens is 771 g/mol. The Morgan fingerprint density at radius 2 is 1.63 bits per heavy atom. The molecule has 0 saturated carbocycles. The van der Waals surface area contributed by atoms with Crippen molar-refractivity contribution in [2.75, 3.05) is 19.5 Å². The van der Waals surface area contributed by atoms with Gasteiger partial charge in [0.2, 0.25) is 23.6 Å². The smallest absolute Gasteiger partial charge is 0.305 e. The number of hydrogen-bond acceptors (Lipinski definition) is 8. The van der Waals surface area contributed by atoms with E-state index in [1.54, 1.807) is 12.1 Å². The largest absolute Gasteiger partial charge is 0.469 e. The molecule has 1 aliphatic heterocycles. The van der Waals surface area contributed by atoms with Crippen molar-refractivity contribution in [3.8, 4) is 0 Å². The van der Waals surface area contributed by atoms with Crippen molar-refractivity contribution in [3.63, 3.8) is 0 Å². The number of ketones is 1. The molecule has 1 aromatic heterocycles. The van der Waals surface area contributed by atoms with Crippen LogP contribution in [-0.4, -0.2) is 77.9 Å². The number of aryl methyl sites for hydroxylation is 1. The minimum absolute atomic E-state index is 0.0628. The molecule has 4 aromatic rings. The van der Waals surface area contributed by atoms with Crippen molar-refractivity contribution in [3.05, 3.63) is 106 Å². The highest BCUT2D eigenvalue weighted by Gasteiger charge is 2.38. The summed E-state index contributed by atoms with van der Waals surface area (Å²) in [6.07, 6.45) is 1.40. The van der Waals surface area contributed by atoms with Crippen LogP contribution >= 0.6 is 22.9 Å². The van der Waals surface area contributed by atoms with Gasteiger partial charge >= 0.3 is 5.97 Å². The number of Topliss-reactive ketones (excluding diaryl/α,β-unsaturated/α-hetero) is 1. The summed E-state index contributed by atoms with van der Waals surface area (Å²) >= 11 is 7.25. The number of piperidine rings is 1.